The number of nitrogens with one attached hydrogen (secondary N) is 2. The van der Waals surface area contributed by atoms with Crippen molar-refractivity contribution in [1.82, 2.24) is 15.6 Å². The van der Waals surface area contributed by atoms with Crippen LogP contribution in [0.15, 0.2) is 58.5 Å². The van der Waals surface area contributed by atoms with E-state index in [4.69, 9.17) is 9.73 Å². The molecule has 6 nitrogen and oxygen atoms in total. The van der Waals surface area contributed by atoms with Crippen LogP contribution in [0.4, 0.5) is 5.82 Å². The van der Waals surface area contributed by atoms with Gasteiger partial charge in [-0.25, -0.2) is 9.98 Å². The first kappa shape index (κ1) is 21.5. The lowest BCUT2D eigenvalue weighted by atomic mass is 10.2. The molecule has 29 heavy (non-hydrogen) atoms. The average Bonchev–Trinajstić information content (AvgIpc) is 2.77. The summed E-state index contributed by atoms with van der Waals surface area (Å²) >= 11 is 1.87. The molecule has 0 aliphatic carbocycles. The minimum Gasteiger partial charge on any atom is -0.378 e. The zero-order chi connectivity index (χ0) is 20.3. The molecule has 0 spiro atoms. The minimum atomic E-state index is 0.434. The Morgan fingerprint density at radius 1 is 1.17 bits per heavy atom. The first-order valence-electron chi connectivity index (χ1n) is 10.3. The van der Waals surface area contributed by atoms with Crippen molar-refractivity contribution in [3.8, 4) is 0 Å². The van der Waals surface area contributed by atoms with Gasteiger partial charge in [-0.3, -0.25) is 0 Å². The molecule has 1 saturated heterocycles. The Morgan fingerprint density at radius 3 is 2.72 bits per heavy atom. The SMILES string of the molecule is CCNC(=NCc1cccnc1N1CCOCC1)NCC(C)Sc1ccccc1. The summed E-state index contributed by atoms with van der Waals surface area (Å²) in [6.45, 7) is 9.83. The molecular weight excluding hydrogens is 382 g/mol. The smallest absolute Gasteiger partial charge is 0.191 e. The summed E-state index contributed by atoms with van der Waals surface area (Å²) in [6.07, 6.45) is 1.85. The van der Waals surface area contributed by atoms with Crippen molar-refractivity contribution >= 4 is 23.5 Å². The minimum absolute atomic E-state index is 0.434. The van der Waals surface area contributed by atoms with Gasteiger partial charge in [0.25, 0.3) is 0 Å². The van der Waals surface area contributed by atoms with Crippen LogP contribution in [0, 0.1) is 0 Å². The van der Waals surface area contributed by atoms with Crippen molar-refractivity contribution in [2.24, 2.45) is 4.99 Å². The first-order chi connectivity index (χ1) is 14.3. The molecule has 0 bridgehead atoms. The maximum Gasteiger partial charge on any atom is 0.191 e. The van der Waals surface area contributed by atoms with Gasteiger partial charge in [0.15, 0.2) is 5.96 Å². The lowest BCUT2D eigenvalue weighted by Crippen LogP contribution is -2.40. The van der Waals surface area contributed by atoms with Crippen molar-refractivity contribution in [2.45, 2.75) is 30.5 Å². The van der Waals surface area contributed by atoms with Crippen molar-refractivity contribution < 1.29 is 4.74 Å². The molecule has 1 unspecified atom stereocenters. The predicted molar refractivity (Wildman–Crippen MR) is 122 cm³/mol. The molecule has 1 fully saturated rings. The number of nitrogens with zero attached hydrogens (tertiary/aromatic N) is 3. The Morgan fingerprint density at radius 2 is 1.97 bits per heavy atom. The van der Waals surface area contributed by atoms with Crippen LogP contribution in [0.1, 0.15) is 19.4 Å². The summed E-state index contributed by atoms with van der Waals surface area (Å²) in [5.74, 6) is 1.85. The fourth-order valence-corrected chi connectivity index (χ4v) is 4.08. The number of ether oxygens (including phenoxy) is 1. The van der Waals surface area contributed by atoms with Crippen LogP contribution < -0.4 is 15.5 Å². The maximum atomic E-state index is 5.47. The number of aromatic nitrogens is 1. The van der Waals surface area contributed by atoms with Gasteiger partial charge >= 0.3 is 0 Å². The number of benzene rings is 1. The molecule has 1 aliphatic heterocycles. The first-order valence-corrected chi connectivity index (χ1v) is 11.1. The number of guanidine groups is 1. The van der Waals surface area contributed by atoms with Crippen LogP contribution >= 0.6 is 11.8 Å². The summed E-state index contributed by atoms with van der Waals surface area (Å²) in [5, 5.41) is 7.25. The molecule has 156 valence electrons. The van der Waals surface area contributed by atoms with E-state index in [1.165, 1.54) is 4.90 Å². The summed E-state index contributed by atoms with van der Waals surface area (Å²) in [5.41, 5.74) is 1.14. The highest BCUT2D eigenvalue weighted by molar-refractivity contribution is 8.00. The summed E-state index contributed by atoms with van der Waals surface area (Å²) in [6, 6.07) is 14.6. The Kier molecular flexibility index (Phi) is 8.64. The molecule has 2 aromatic rings. The fourth-order valence-electron chi connectivity index (χ4n) is 3.13. The topological polar surface area (TPSA) is 61.8 Å². The third-order valence-corrected chi connectivity index (χ3v) is 5.68. The fraction of sp³-hybridized carbons (Fsp3) is 0.455. The van der Waals surface area contributed by atoms with E-state index in [-0.39, 0.29) is 0 Å². The van der Waals surface area contributed by atoms with Gasteiger partial charge in [-0.2, -0.15) is 0 Å². The second-order valence-electron chi connectivity index (χ2n) is 6.90. The number of pyridine rings is 1. The number of thioether (sulfide) groups is 1. The highest BCUT2D eigenvalue weighted by atomic mass is 32.2. The molecule has 2 N–H and O–H groups in total. The molecule has 0 amide bonds. The van der Waals surface area contributed by atoms with Crippen LogP contribution in [0.2, 0.25) is 0 Å². The van der Waals surface area contributed by atoms with E-state index < -0.39 is 0 Å². The van der Waals surface area contributed by atoms with Gasteiger partial charge in [-0.1, -0.05) is 31.2 Å². The van der Waals surface area contributed by atoms with E-state index in [9.17, 15) is 0 Å². The van der Waals surface area contributed by atoms with Crippen molar-refractivity contribution in [1.29, 1.82) is 0 Å². The quantitative estimate of drug-likeness (QED) is 0.394. The molecule has 0 radical (unpaired) electrons. The predicted octanol–water partition coefficient (Wildman–Crippen LogP) is 3.15. The van der Waals surface area contributed by atoms with Crippen LogP contribution in [-0.2, 0) is 11.3 Å². The normalized spacial score (nSPS) is 15.8. The average molecular weight is 414 g/mol. The van der Waals surface area contributed by atoms with Gasteiger partial charge in [0.2, 0.25) is 0 Å². The second kappa shape index (κ2) is 11.7. The second-order valence-corrected chi connectivity index (χ2v) is 8.41. The molecular formula is C22H31N5OS. The van der Waals surface area contributed by atoms with E-state index in [0.29, 0.717) is 11.8 Å². The molecule has 1 aromatic carbocycles. The van der Waals surface area contributed by atoms with E-state index in [1.807, 2.05) is 30.1 Å². The van der Waals surface area contributed by atoms with Gasteiger partial charge in [0.1, 0.15) is 5.82 Å². The molecule has 1 aliphatic rings. The Hall–Kier alpha value is -2.25. The summed E-state index contributed by atoms with van der Waals surface area (Å²) < 4.78 is 5.47. The summed E-state index contributed by atoms with van der Waals surface area (Å²) in [4.78, 5) is 13.0. The van der Waals surface area contributed by atoms with Gasteiger partial charge in [0, 0.05) is 48.1 Å². The van der Waals surface area contributed by atoms with Gasteiger partial charge in [0.05, 0.1) is 19.8 Å². The van der Waals surface area contributed by atoms with E-state index >= 15 is 0 Å². The molecule has 1 atom stereocenters. The van der Waals surface area contributed by atoms with Gasteiger partial charge in [-0.15, -0.1) is 11.8 Å². The van der Waals surface area contributed by atoms with E-state index in [0.717, 1.165) is 56.7 Å². The Balaban J connectivity index is 1.59. The van der Waals surface area contributed by atoms with Crippen LogP contribution in [0.25, 0.3) is 0 Å². The standard InChI is InChI=1S/C22H31N5OS/c1-3-23-22(25-16-18(2)29-20-9-5-4-6-10-20)26-17-19-8-7-11-24-21(19)27-12-14-28-15-13-27/h4-11,18H,3,12-17H2,1-2H3,(H2,23,25,26). The van der Waals surface area contributed by atoms with Crippen molar-refractivity contribution in [2.75, 3.05) is 44.3 Å². The Labute approximate surface area is 178 Å². The number of hydrogen-bond donors (Lipinski definition) is 2. The molecule has 0 saturated carbocycles. The maximum absolute atomic E-state index is 5.47. The third-order valence-electron chi connectivity index (χ3n) is 4.57. The molecule has 1 aromatic heterocycles. The lowest BCUT2D eigenvalue weighted by molar-refractivity contribution is 0.122. The monoisotopic (exact) mass is 413 g/mol. The van der Waals surface area contributed by atoms with Gasteiger partial charge < -0.3 is 20.3 Å². The highest BCUT2D eigenvalue weighted by Crippen LogP contribution is 2.22. The molecule has 2 heterocycles. The zero-order valence-corrected chi connectivity index (χ0v) is 18.1. The third kappa shape index (κ3) is 6.94. The van der Waals surface area contributed by atoms with E-state index in [1.54, 1.807) is 0 Å². The summed E-state index contributed by atoms with van der Waals surface area (Å²) in [7, 11) is 0. The molecule has 7 heteroatoms. The zero-order valence-electron chi connectivity index (χ0n) is 17.3. The van der Waals surface area contributed by atoms with Crippen molar-refractivity contribution in [3.05, 3.63) is 54.2 Å². The largest absolute Gasteiger partial charge is 0.378 e. The van der Waals surface area contributed by atoms with Crippen molar-refractivity contribution in [3.63, 3.8) is 0 Å². The highest BCUT2D eigenvalue weighted by Gasteiger charge is 2.15. The van der Waals surface area contributed by atoms with Gasteiger partial charge in [-0.05, 0) is 25.1 Å². The van der Waals surface area contributed by atoms with Crippen LogP contribution in [-0.4, -0.2) is 55.6 Å². The van der Waals surface area contributed by atoms with Crippen LogP contribution in [0.5, 0.6) is 0 Å². The van der Waals surface area contributed by atoms with E-state index in [2.05, 4.69) is 64.7 Å². The number of rotatable bonds is 8. The number of morpholine rings is 1. The Bertz CT molecular complexity index is 765. The lowest BCUT2D eigenvalue weighted by Gasteiger charge is -2.29. The van der Waals surface area contributed by atoms with Crippen LogP contribution in [0.3, 0.4) is 0 Å². The molecule has 3 rings (SSSR count). The number of aliphatic imine (C=N–C) groups is 1. The number of hydrogen-bond acceptors (Lipinski definition) is 5. The number of anilines is 1.